The first-order valence-electron chi connectivity index (χ1n) is 10.6. The van der Waals surface area contributed by atoms with Gasteiger partial charge >= 0.3 is 0 Å². The summed E-state index contributed by atoms with van der Waals surface area (Å²) in [6.07, 6.45) is 8.01. The van der Waals surface area contributed by atoms with E-state index in [4.69, 9.17) is 0 Å². The zero-order valence-corrected chi connectivity index (χ0v) is 21.2. The van der Waals surface area contributed by atoms with E-state index < -0.39 is 0 Å². The van der Waals surface area contributed by atoms with Crippen LogP contribution in [0.2, 0.25) is 0 Å². The van der Waals surface area contributed by atoms with Gasteiger partial charge in [-0.15, -0.1) is 20.4 Å². The molecular formula is C22H33N7OS2. The lowest BCUT2D eigenvalue weighted by atomic mass is 10.1. The third-order valence-corrected chi connectivity index (χ3v) is 6.64. The Kier molecular flexibility index (Phi) is 10.6. The summed E-state index contributed by atoms with van der Waals surface area (Å²) in [4.78, 5) is 14.3. The summed E-state index contributed by atoms with van der Waals surface area (Å²) in [5, 5.41) is 26.1. The van der Waals surface area contributed by atoms with E-state index in [1.54, 1.807) is 11.3 Å². The maximum atomic E-state index is 12.4. The van der Waals surface area contributed by atoms with Crippen molar-refractivity contribution in [2.75, 3.05) is 30.9 Å². The molecule has 0 atom stereocenters. The molecule has 0 bridgehead atoms. The number of hydrogen-bond acceptors (Lipinski definition) is 9. The summed E-state index contributed by atoms with van der Waals surface area (Å²) in [7, 11) is 3.85. The van der Waals surface area contributed by atoms with E-state index in [0.717, 1.165) is 58.6 Å². The lowest BCUT2D eigenvalue weighted by Crippen LogP contribution is -2.12. The first-order valence-corrected chi connectivity index (χ1v) is 12.3. The second kappa shape index (κ2) is 13.2. The van der Waals surface area contributed by atoms with Gasteiger partial charge in [0.1, 0.15) is 10.0 Å². The summed E-state index contributed by atoms with van der Waals surface area (Å²) >= 11 is 3.03. The fourth-order valence-electron chi connectivity index (χ4n) is 2.83. The fraction of sp³-hybridized carbons (Fsp3) is 0.500. The normalized spacial score (nSPS) is 12.2. The van der Waals surface area contributed by atoms with E-state index >= 15 is 0 Å². The van der Waals surface area contributed by atoms with Crippen LogP contribution in [0, 0.1) is 0 Å². The van der Waals surface area contributed by atoms with Crippen molar-refractivity contribution in [1.29, 1.82) is 0 Å². The SMILES string of the molecule is C=C(C)N(C)c1nnc(CCCCc2nnc(NC(=O)CC(=C/C)/C=C(\C)CNC)s2)s1. The van der Waals surface area contributed by atoms with Gasteiger partial charge in [0.25, 0.3) is 0 Å². The molecule has 0 aliphatic carbocycles. The summed E-state index contributed by atoms with van der Waals surface area (Å²) in [6.45, 7) is 10.6. The van der Waals surface area contributed by atoms with Gasteiger partial charge in [-0.3, -0.25) is 4.79 Å². The van der Waals surface area contributed by atoms with E-state index in [-0.39, 0.29) is 5.91 Å². The number of hydrogen-bond donors (Lipinski definition) is 2. The third kappa shape index (κ3) is 8.60. The number of amides is 1. The Morgan fingerprint density at radius 3 is 2.38 bits per heavy atom. The topological polar surface area (TPSA) is 95.9 Å². The Labute approximate surface area is 198 Å². The Bertz CT molecular complexity index is 961. The van der Waals surface area contributed by atoms with Crippen molar-refractivity contribution in [2.24, 2.45) is 0 Å². The van der Waals surface area contributed by atoms with Crippen molar-refractivity contribution in [2.45, 2.75) is 52.9 Å². The van der Waals surface area contributed by atoms with Crippen LogP contribution in [-0.4, -0.2) is 46.9 Å². The molecule has 0 aliphatic heterocycles. The number of aromatic nitrogens is 4. The van der Waals surface area contributed by atoms with Gasteiger partial charge in [0.05, 0.1) is 6.42 Å². The molecule has 0 radical (unpaired) electrons. The highest BCUT2D eigenvalue weighted by atomic mass is 32.1. The second-order valence-corrected chi connectivity index (χ2v) is 9.69. The van der Waals surface area contributed by atoms with Crippen LogP contribution in [0.3, 0.4) is 0 Å². The Morgan fingerprint density at radius 2 is 1.75 bits per heavy atom. The number of rotatable bonds is 13. The van der Waals surface area contributed by atoms with Crippen LogP contribution in [0.4, 0.5) is 10.3 Å². The average molecular weight is 476 g/mol. The molecule has 174 valence electrons. The number of allylic oxidation sites excluding steroid dienone is 3. The van der Waals surface area contributed by atoms with Gasteiger partial charge < -0.3 is 15.5 Å². The molecule has 2 aromatic heterocycles. The molecule has 2 rings (SSSR count). The molecule has 0 unspecified atom stereocenters. The van der Waals surface area contributed by atoms with Gasteiger partial charge in [-0.05, 0) is 46.2 Å². The number of nitrogens with one attached hydrogen (secondary N) is 2. The largest absolute Gasteiger partial charge is 0.324 e. The molecule has 10 heteroatoms. The number of anilines is 2. The van der Waals surface area contributed by atoms with E-state index in [9.17, 15) is 4.79 Å². The number of unbranched alkanes of at least 4 members (excludes halogenated alkanes) is 1. The van der Waals surface area contributed by atoms with Crippen molar-refractivity contribution in [3.63, 3.8) is 0 Å². The number of aryl methyl sites for hydroxylation is 2. The van der Waals surface area contributed by atoms with Gasteiger partial charge in [0.2, 0.25) is 16.2 Å². The van der Waals surface area contributed by atoms with Crippen molar-refractivity contribution >= 4 is 38.8 Å². The smallest absolute Gasteiger partial charge is 0.230 e. The van der Waals surface area contributed by atoms with E-state index in [0.29, 0.717) is 11.6 Å². The Balaban J connectivity index is 1.75. The molecule has 0 saturated carbocycles. The first kappa shape index (κ1) is 25.8. The quantitative estimate of drug-likeness (QED) is 0.328. The highest BCUT2D eigenvalue weighted by Gasteiger charge is 2.11. The molecule has 2 N–H and O–H groups in total. The van der Waals surface area contributed by atoms with Crippen LogP contribution in [0.25, 0.3) is 0 Å². The molecule has 0 aliphatic rings. The summed E-state index contributed by atoms with van der Waals surface area (Å²) in [5.41, 5.74) is 3.10. The fourth-order valence-corrected chi connectivity index (χ4v) is 4.54. The number of likely N-dealkylation sites (N-methyl/N-ethyl adjacent to an activating group) is 1. The molecule has 8 nitrogen and oxygen atoms in total. The van der Waals surface area contributed by atoms with Crippen molar-refractivity contribution in [1.82, 2.24) is 25.7 Å². The molecule has 0 spiro atoms. The van der Waals surface area contributed by atoms with Crippen molar-refractivity contribution < 1.29 is 4.79 Å². The van der Waals surface area contributed by atoms with Crippen LogP contribution >= 0.6 is 22.7 Å². The molecule has 2 aromatic rings. The molecule has 2 heterocycles. The summed E-state index contributed by atoms with van der Waals surface area (Å²) < 4.78 is 0. The third-order valence-electron chi connectivity index (χ3n) is 4.68. The van der Waals surface area contributed by atoms with E-state index in [1.807, 2.05) is 51.9 Å². The molecule has 0 fully saturated rings. The van der Waals surface area contributed by atoms with Crippen LogP contribution in [0.1, 0.15) is 50.0 Å². The number of nitrogens with zero attached hydrogens (tertiary/aromatic N) is 5. The zero-order chi connectivity index (χ0) is 23.5. The lowest BCUT2D eigenvalue weighted by molar-refractivity contribution is -0.115. The average Bonchev–Trinajstić information content (AvgIpc) is 3.39. The van der Waals surface area contributed by atoms with Crippen molar-refractivity contribution in [3.05, 3.63) is 45.6 Å². The molecule has 32 heavy (non-hydrogen) atoms. The van der Waals surface area contributed by atoms with Crippen LogP contribution in [0.15, 0.2) is 35.6 Å². The molecule has 0 aromatic carbocycles. The van der Waals surface area contributed by atoms with Gasteiger partial charge in [-0.2, -0.15) is 0 Å². The minimum Gasteiger partial charge on any atom is -0.324 e. The van der Waals surface area contributed by atoms with Crippen LogP contribution in [0.5, 0.6) is 0 Å². The van der Waals surface area contributed by atoms with Gasteiger partial charge in [0.15, 0.2) is 0 Å². The Morgan fingerprint density at radius 1 is 1.09 bits per heavy atom. The van der Waals surface area contributed by atoms with E-state index in [2.05, 4.69) is 37.6 Å². The van der Waals surface area contributed by atoms with Crippen LogP contribution < -0.4 is 15.5 Å². The standard InChI is InChI=1S/C22H33N7OS2/c1-7-17(12-16(4)14-23-5)13-18(30)24-21-27-25-19(31-21)10-8-9-11-20-26-28-22(32-20)29(6)15(2)3/h7,12,23H,2,8-11,13-14H2,1,3-6H3,(H,24,27,30)/b16-12+,17-7+. The summed E-state index contributed by atoms with van der Waals surface area (Å²) in [6, 6.07) is 0. The maximum absolute atomic E-state index is 12.4. The highest BCUT2D eigenvalue weighted by molar-refractivity contribution is 7.15. The number of carbonyl (C=O) groups is 1. The van der Waals surface area contributed by atoms with Gasteiger partial charge in [-0.1, -0.05) is 47.0 Å². The first-order chi connectivity index (χ1) is 15.3. The monoisotopic (exact) mass is 475 g/mol. The summed E-state index contributed by atoms with van der Waals surface area (Å²) in [5.74, 6) is -0.0823. The second-order valence-electron chi connectivity index (χ2n) is 7.59. The predicted octanol–water partition coefficient (Wildman–Crippen LogP) is 4.37. The molecule has 0 saturated heterocycles. The van der Waals surface area contributed by atoms with Gasteiger partial charge in [0, 0.05) is 32.1 Å². The van der Waals surface area contributed by atoms with Gasteiger partial charge in [-0.25, -0.2) is 0 Å². The maximum Gasteiger partial charge on any atom is 0.230 e. The predicted molar refractivity (Wildman–Crippen MR) is 134 cm³/mol. The lowest BCUT2D eigenvalue weighted by Gasteiger charge is -2.13. The molecular weight excluding hydrogens is 442 g/mol. The highest BCUT2D eigenvalue weighted by Crippen LogP contribution is 2.23. The zero-order valence-electron chi connectivity index (χ0n) is 19.6. The molecule has 1 amide bonds. The van der Waals surface area contributed by atoms with Crippen LogP contribution in [-0.2, 0) is 17.6 Å². The minimum absolute atomic E-state index is 0.0823. The van der Waals surface area contributed by atoms with E-state index in [1.165, 1.54) is 16.9 Å². The number of carbonyl (C=O) groups excluding carboxylic acids is 1. The minimum atomic E-state index is -0.0823. The Hall–Kier alpha value is -2.43. The van der Waals surface area contributed by atoms with Crippen molar-refractivity contribution in [3.8, 4) is 0 Å².